The lowest BCUT2D eigenvalue weighted by atomic mass is 10.1. The highest BCUT2D eigenvalue weighted by molar-refractivity contribution is 7.15. The Balaban J connectivity index is 1.81. The minimum absolute atomic E-state index is 0.934. The lowest BCUT2D eigenvalue weighted by molar-refractivity contribution is 0.673. The van der Waals surface area contributed by atoms with Crippen LogP contribution in [0.3, 0.4) is 0 Å². The Labute approximate surface area is 131 Å². The fourth-order valence-electron chi connectivity index (χ4n) is 3.08. The number of aryl methyl sites for hydroxylation is 1. The SMILES string of the molecule is Cc1ccc(-c2ccc3c(c2)[nH]c2c4ccccc4oc32)s1. The molecule has 0 amide bonds. The summed E-state index contributed by atoms with van der Waals surface area (Å²) >= 11 is 1.82. The van der Waals surface area contributed by atoms with Crippen LogP contribution in [0.1, 0.15) is 4.88 Å². The van der Waals surface area contributed by atoms with Crippen molar-refractivity contribution in [3.63, 3.8) is 0 Å². The van der Waals surface area contributed by atoms with Crippen LogP contribution in [0.15, 0.2) is 59.0 Å². The monoisotopic (exact) mass is 303 g/mol. The average molecular weight is 303 g/mol. The van der Waals surface area contributed by atoms with Gasteiger partial charge in [-0.25, -0.2) is 0 Å². The third kappa shape index (κ3) is 1.60. The molecule has 2 nitrogen and oxygen atoms in total. The van der Waals surface area contributed by atoms with Gasteiger partial charge >= 0.3 is 0 Å². The zero-order valence-corrected chi connectivity index (χ0v) is 12.8. The molecule has 0 spiro atoms. The first-order chi connectivity index (χ1) is 10.8. The molecule has 0 saturated carbocycles. The van der Waals surface area contributed by atoms with Crippen molar-refractivity contribution in [3.05, 3.63) is 59.5 Å². The van der Waals surface area contributed by atoms with Crippen LogP contribution in [0.2, 0.25) is 0 Å². The maximum atomic E-state index is 6.03. The Bertz CT molecular complexity index is 1140. The number of hydrogen-bond acceptors (Lipinski definition) is 2. The van der Waals surface area contributed by atoms with Crippen LogP contribution in [-0.4, -0.2) is 4.98 Å². The summed E-state index contributed by atoms with van der Waals surface area (Å²) < 4.78 is 6.03. The van der Waals surface area contributed by atoms with Gasteiger partial charge in [-0.1, -0.05) is 18.2 Å². The van der Waals surface area contributed by atoms with Crippen molar-refractivity contribution >= 4 is 44.3 Å². The Morgan fingerprint density at radius 2 is 1.86 bits per heavy atom. The van der Waals surface area contributed by atoms with E-state index in [1.54, 1.807) is 0 Å². The summed E-state index contributed by atoms with van der Waals surface area (Å²) in [6, 6.07) is 19.0. The number of hydrogen-bond donors (Lipinski definition) is 1. The molecule has 106 valence electrons. The van der Waals surface area contributed by atoms with E-state index in [-0.39, 0.29) is 0 Å². The summed E-state index contributed by atoms with van der Waals surface area (Å²) in [7, 11) is 0. The number of aromatic nitrogens is 1. The van der Waals surface area contributed by atoms with E-state index in [1.807, 2.05) is 29.5 Å². The molecule has 3 heteroatoms. The normalized spacial score (nSPS) is 11.9. The summed E-state index contributed by atoms with van der Waals surface area (Å²) in [5.74, 6) is 0. The van der Waals surface area contributed by atoms with Crippen molar-refractivity contribution in [2.45, 2.75) is 6.92 Å². The number of nitrogens with one attached hydrogen (secondary N) is 1. The number of benzene rings is 2. The zero-order valence-electron chi connectivity index (χ0n) is 12.0. The third-order valence-electron chi connectivity index (χ3n) is 4.14. The second-order valence-corrected chi connectivity index (χ2v) is 6.89. The van der Waals surface area contributed by atoms with Crippen molar-refractivity contribution < 1.29 is 4.42 Å². The van der Waals surface area contributed by atoms with Gasteiger partial charge in [-0.2, -0.15) is 0 Å². The maximum absolute atomic E-state index is 6.03. The summed E-state index contributed by atoms with van der Waals surface area (Å²) in [6.45, 7) is 2.14. The third-order valence-corrected chi connectivity index (χ3v) is 5.19. The van der Waals surface area contributed by atoms with Gasteiger partial charge in [0.1, 0.15) is 5.58 Å². The second kappa shape index (κ2) is 4.24. The largest absolute Gasteiger partial charge is 0.454 e. The fraction of sp³-hybridized carbons (Fsp3) is 0.0526. The lowest BCUT2D eigenvalue weighted by Gasteiger charge is -1.98. The minimum Gasteiger partial charge on any atom is -0.454 e. The molecule has 0 atom stereocenters. The van der Waals surface area contributed by atoms with Crippen LogP contribution < -0.4 is 0 Å². The van der Waals surface area contributed by atoms with Crippen molar-refractivity contribution in [3.8, 4) is 10.4 Å². The highest BCUT2D eigenvalue weighted by atomic mass is 32.1. The highest BCUT2D eigenvalue weighted by Crippen LogP contribution is 2.36. The molecule has 22 heavy (non-hydrogen) atoms. The minimum atomic E-state index is 0.934. The van der Waals surface area contributed by atoms with E-state index < -0.39 is 0 Å². The van der Waals surface area contributed by atoms with Crippen LogP contribution in [0, 0.1) is 6.92 Å². The van der Waals surface area contributed by atoms with E-state index in [0.29, 0.717) is 0 Å². The number of para-hydroxylation sites is 1. The number of fused-ring (bicyclic) bond motifs is 5. The van der Waals surface area contributed by atoms with Gasteiger partial charge in [-0.05, 0) is 48.9 Å². The first-order valence-corrected chi connectivity index (χ1v) is 8.11. The van der Waals surface area contributed by atoms with Crippen LogP contribution in [0.4, 0.5) is 0 Å². The Morgan fingerprint density at radius 1 is 0.955 bits per heavy atom. The zero-order chi connectivity index (χ0) is 14.7. The topological polar surface area (TPSA) is 28.9 Å². The summed E-state index contributed by atoms with van der Waals surface area (Å²) in [5, 5.41) is 2.28. The molecule has 0 radical (unpaired) electrons. The van der Waals surface area contributed by atoms with E-state index in [9.17, 15) is 0 Å². The molecule has 0 bridgehead atoms. The molecular weight excluding hydrogens is 290 g/mol. The second-order valence-electron chi connectivity index (χ2n) is 5.60. The predicted octanol–water partition coefficient (Wildman–Crippen LogP) is 6.10. The number of thiophene rings is 1. The summed E-state index contributed by atoms with van der Waals surface area (Å²) in [4.78, 5) is 6.16. The van der Waals surface area contributed by atoms with E-state index in [0.717, 1.165) is 33.0 Å². The molecule has 1 N–H and O–H groups in total. The van der Waals surface area contributed by atoms with Crippen LogP contribution in [-0.2, 0) is 0 Å². The predicted molar refractivity (Wildman–Crippen MR) is 93.6 cm³/mol. The molecule has 3 aromatic heterocycles. The molecule has 3 heterocycles. The number of aromatic amines is 1. The van der Waals surface area contributed by atoms with E-state index >= 15 is 0 Å². The van der Waals surface area contributed by atoms with E-state index in [1.165, 1.54) is 15.3 Å². The molecule has 5 rings (SSSR count). The summed E-state index contributed by atoms with van der Waals surface area (Å²) in [6.07, 6.45) is 0. The quantitative estimate of drug-likeness (QED) is 0.398. The molecule has 0 aliphatic carbocycles. The number of H-pyrrole nitrogens is 1. The molecule has 0 aliphatic heterocycles. The van der Waals surface area contributed by atoms with Gasteiger partial charge < -0.3 is 9.40 Å². The number of furan rings is 1. The Hall–Kier alpha value is -2.52. The average Bonchev–Trinajstić information content (AvgIpc) is 3.20. The van der Waals surface area contributed by atoms with Gasteiger partial charge in [0.2, 0.25) is 0 Å². The van der Waals surface area contributed by atoms with Crippen LogP contribution in [0.25, 0.3) is 43.4 Å². The molecule has 5 aromatic rings. The first-order valence-electron chi connectivity index (χ1n) is 7.29. The van der Waals surface area contributed by atoms with Gasteiger partial charge in [0, 0.05) is 20.5 Å². The van der Waals surface area contributed by atoms with Crippen molar-refractivity contribution in [2.24, 2.45) is 0 Å². The highest BCUT2D eigenvalue weighted by Gasteiger charge is 2.13. The van der Waals surface area contributed by atoms with Crippen LogP contribution >= 0.6 is 11.3 Å². The lowest BCUT2D eigenvalue weighted by Crippen LogP contribution is -1.74. The van der Waals surface area contributed by atoms with Crippen molar-refractivity contribution in [2.75, 3.05) is 0 Å². The first kappa shape index (κ1) is 12.1. The smallest absolute Gasteiger partial charge is 0.160 e. The molecular formula is C19H13NOS. The number of rotatable bonds is 1. The van der Waals surface area contributed by atoms with Gasteiger partial charge in [0.25, 0.3) is 0 Å². The molecule has 0 aliphatic rings. The van der Waals surface area contributed by atoms with Gasteiger partial charge in [-0.15, -0.1) is 11.3 Å². The molecule has 0 unspecified atom stereocenters. The standard InChI is InChI=1S/C19H13NOS/c1-11-6-9-17(22-11)12-7-8-13-15(10-12)20-18-14-4-2-3-5-16(14)21-19(13)18/h2-10,20H,1H3. The Morgan fingerprint density at radius 3 is 2.73 bits per heavy atom. The van der Waals surface area contributed by atoms with Crippen molar-refractivity contribution in [1.82, 2.24) is 4.98 Å². The Kier molecular flexibility index (Phi) is 2.33. The fourth-order valence-corrected chi connectivity index (χ4v) is 3.95. The van der Waals surface area contributed by atoms with Crippen LogP contribution in [0.5, 0.6) is 0 Å². The van der Waals surface area contributed by atoms with Crippen molar-refractivity contribution in [1.29, 1.82) is 0 Å². The van der Waals surface area contributed by atoms with Gasteiger partial charge in [-0.3, -0.25) is 0 Å². The maximum Gasteiger partial charge on any atom is 0.160 e. The van der Waals surface area contributed by atoms with E-state index in [4.69, 9.17) is 4.42 Å². The van der Waals surface area contributed by atoms with E-state index in [2.05, 4.69) is 48.3 Å². The van der Waals surface area contributed by atoms with Gasteiger partial charge in [0.15, 0.2) is 5.58 Å². The molecule has 2 aromatic carbocycles. The van der Waals surface area contributed by atoms with Gasteiger partial charge in [0.05, 0.1) is 11.0 Å². The molecule has 0 saturated heterocycles. The summed E-state index contributed by atoms with van der Waals surface area (Å²) in [5.41, 5.74) is 5.35. The molecule has 0 fully saturated rings.